The molecule has 0 aliphatic rings. The van der Waals surface area contributed by atoms with E-state index in [4.69, 9.17) is 11.6 Å². The molecule has 0 saturated carbocycles. The lowest BCUT2D eigenvalue weighted by Crippen LogP contribution is -2.27. The number of benzene rings is 2. The molecule has 0 aliphatic carbocycles. The smallest absolute Gasteiger partial charge is 0.264 e. The maximum Gasteiger partial charge on any atom is 0.264 e. The topological polar surface area (TPSA) is 97.2 Å². The van der Waals surface area contributed by atoms with Crippen molar-refractivity contribution in [3.05, 3.63) is 95.3 Å². The highest BCUT2D eigenvalue weighted by Gasteiger charge is 2.23. The van der Waals surface area contributed by atoms with Crippen LogP contribution in [0.15, 0.2) is 83.9 Å². The van der Waals surface area contributed by atoms with Crippen LogP contribution >= 0.6 is 11.6 Å². The predicted octanol–water partition coefficient (Wildman–Crippen LogP) is 4.31. The lowest BCUT2D eigenvalue weighted by atomic mass is 10.2. The van der Waals surface area contributed by atoms with Crippen molar-refractivity contribution in [2.75, 3.05) is 16.7 Å². The van der Waals surface area contributed by atoms with Gasteiger partial charge in [-0.1, -0.05) is 29.8 Å². The van der Waals surface area contributed by atoms with Crippen LogP contribution < -0.4 is 9.62 Å². The number of carbonyl (C=O) groups excluding carboxylic acids is 1. The molecule has 0 saturated heterocycles. The number of carbonyl (C=O) groups is 1. The van der Waals surface area contributed by atoms with Crippen LogP contribution in [0.25, 0.3) is 5.82 Å². The Kier molecular flexibility index (Phi) is 6.17. The number of rotatable bonds is 6. The molecule has 0 atom stereocenters. The average molecular weight is 482 g/mol. The summed E-state index contributed by atoms with van der Waals surface area (Å²) in [6.45, 7) is 1.80. The molecular formula is C23H20ClN5O3S. The van der Waals surface area contributed by atoms with Crippen molar-refractivity contribution in [1.82, 2.24) is 14.8 Å². The van der Waals surface area contributed by atoms with Gasteiger partial charge in [0.05, 0.1) is 16.3 Å². The van der Waals surface area contributed by atoms with Gasteiger partial charge < -0.3 is 5.32 Å². The first-order valence-corrected chi connectivity index (χ1v) is 11.7. The van der Waals surface area contributed by atoms with E-state index in [2.05, 4.69) is 15.4 Å². The Morgan fingerprint density at radius 3 is 2.55 bits per heavy atom. The Morgan fingerprint density at radius 2 is 1.82 bits per heavy atom. The van der Waals surface area contributed by atoms with Crippen molar-refractivity contribution in [2.24, 2.45) is 0 Å². The van der Waals surface area contributed by atoms with Crippen molar-refractivity contribution in [1.29, 1.82) is 0 Å². The molecule has 168 valence electrons. The Labute approximate surface area is 196 Å². The summed E-state index contributed by atoms with van der Waals surface area (Å²) in [5.74, 6) is 0.482. The van der Waals surface area contributed by atoms with Gasteiger partial charge >= 0.3 is 0 Å². The maximum absolute atomic E-state index is 13.1. The highest BCUT2D eigenvalue weighted by atomic mass is 35.5. The summed E-state index contributed by atoms with van der Waals surface area (Å²) in [6.07, 6.45) is 1.63. The van der Waals surface area contributed by atoms with E-state index in [1.54, 1.807) is 61.7 Å². The van der Waals surface area contributed by atoms with E-state index in [1.165, 1.54) is 29.9 Å². The molecular weight excluding hydrogens is 462 g/mol. The number of pyridine rings is 1. The molecule has 0 unspecified atom stereocenters. The molecule has 0 aliphatic heterocycles. The van der Waals surface area contributed by atoms with E-state index in [9.17, 15) is 13.2 Å². The minimum Gasteiger partial charge on any atom is -0.306 e. The summed E-state index contributed by atoms with van der Waals surface area (Å²) >= 11 is 6.00. The molecule has 8 nitrogen and oxygen atoms in total. The molecule has 1 amide bonds. The number of nitrogens with zero attached hydrogens (tertiary/aromatic N) is 4. The predicted molar refractivity (Wildman–Crippen MR) is 128 cm³/mol. The third-order valence-corrected chi connectivity index (χ3v) is 6.88. The number of sulfonamides is 1. The van der Waals surface area contributed by atoms with Crippen molar-refractivity contribution in [3.63, 3.8) is 0 Å². The van der Waals surface area contributed by atoms with Crippen LogP contribution in [0, 0.1) is 6.92 Å². The number of halogens is 1. The Morgan fingerprint density at radius 1 is 1.03 bits per heavy atom. The van der Waals surface area contributed by atoms with E-state index in [1.807, 2.05) is 6.07 Å². The van der Waals surface area contributed by atoms with Crippen LogP contribution in [-0.2, 0) is 10.0 Å². The number of hydrogen-bond acceptors (Lipinski definition) is 5. The molecule has 2 heterocycles. The third kappa shape index (κ3) is 4.74. The first kappa shape index (κ1) is 22.5. The van der Waals surface area contributed by atoms with Crippen LogP contribution in [0.4, 0.5) is 11.5 Å². The van der Waals surface area contributed by atoms with Gasteiger partial charge in [-0.25, -0.2) is 13.4 Å². The van der Waals surface area contributed by atoms with E-state index in [0.29, 0.717) is 28.0 Å². The number of hydrogen-bond donors (Lipinski definition) is 1. The number of amides is 1. The zero-order valence-electron chi connectivity index (χ0n) is 17.8. The van der Waals surface area contributed by atoms with Crippen LogP contribution in [0.1, 0.15) is 16.1 Å². The second-order valence-corrected chi connectivity index (χ2v) is 9.61. The lowest BCUT2D eigenvalue weighted by Gasteiger charge is -2.20. The van der Waals surface area contributed by atoms with Gasteiger partial charge in [-0.15, -0.1) is 0 Å². The Hall–Kier alpha value is -3.69. The molecule has 2 aromatic carbocycles. The minimum absolute atomic E-state index is 0.0213. The number of anilines is 2. The number of aryl methyl sites for hydroxylation is 1. The Balaban J connectivity index is 1.62. The third-order valence-electron chi connectivity index (χ3n) is 4.87. The molecule has 0 spiro atoms. The van der Waals surface area contributed by atoms with Crippen LogP contribution in [-0.4, -0.2) is 36.1 Å². The van der Waals surface area contributed by atoms with E-state index >= 15 is 0 Å². The standard InChI is InChI=1S/C23H20ClN5O3S/c1-16-13-22(29(27-16)21-11-3-4-12-25-21)26-23(30)17-7-5-10-20(14-17)33(31,32)28(2)19-9-6-8-18(24)15-19/h3-15H,1-2H3,(H,26,30). The highest BCUT2D eigenvalue weighted by molar-refractivity contribution is 7.92. The summed E-state index contributed by atoms with van der Waals surface area (Å²) in [5.41, 5.74) is 1.28. The summed E-state index contributed by atoms with van der Waals surface area (Å²) < 4.78 is 28.9. The van der Waals surface area contributed by atoms with Gasteiger partial charge in [0, 0.05) is 29.9 Å². The molecule has 0 fully saturated rings. The number of nitrogens with one attached hydrogen (secondary N) is 1. The maximum atomic E-state index is 13.1. The molecule has 33 heavy (non-hydrogen) atoms. The first-order valence-electron chi connectivity index (χ1n) is 9.90. The van der Waals surface area contributed by atoms with Gasteiger partial charge in [-0.2, -0.15) is 9.78 Å². The fraction of sp³-hybridized carbons (Fsp3) is 0.0870. The van der Waals surface area contributed by atoms with Crippen LogP contribution in [0.3, 0.4) is 0 Å². The molecule has 4 aromatic rings. The second-order valence-electron chi connectivity index (χ2n) is 7.21. The normalized spacial score (nSPS) is 11.2. The molecule has 2 aromatic heterocycles. The zero-order valence-corrected chi connectivity index (χ0v) is 19.4. The van der Waals surface area contributed by atoms with Crippen molar-refractivity contribution in [2.45, 2.75) is 11.8 Å². The van der Waals surface area contributed by atoms with Gasteiger partial charge in [0.15, 0.2) is 5.82 Å². The summed E-state index contributed by atoms with van der Waals surface area (Å²) in [4.78, 5) is 17.2. The quantitative estimate of drug-likeness (QED) is 0.442. The minimum atomic E-state index is -3.92. The van der Waals surface area contributed by atoms with Gasteiger partial charge in [-0.3, -0.25) is 9.10 Å². The van der Waals surface area contributed by atoms with Crippen LogP contribution in [0.5, 0.6) is 0 Å². The first-order chi connectivity index (χ1) is 15.8. The summed E-state index contributed by atoms with van der Waals surface area (Å²) in [6, 6.07) is 19.4. The molecule has 0 bridgehead atoms. The summed E-state index contributed by atoms with van der Waals surface area (Å²) in [5, 5.41) is 7.58. The SMILES string of the molecule is Cc1cc(NC(=O)c2cccc(S(=O)(=O)N(C)c3cccc(Cl)c3)c2)n(-c2ccccn2)n1. The van der Waals surface area contributed by atoms with Crippen LogP contribution in [0.2, 0.25) is 5.02 Å². The fourth-order valence-corrected chi connectivity index (χ4v) is 4.62. The van der Waals surface area contributed by atoms with E-state index in [-0.39, 0.29) is 10.5 Å². The van der Waals surface area contributed by atoms with Gasteiger partial charge in [0.2, 0.25) is 0 Å². The lowest BCUT2D eigenvalue weighted by molar-refractivity contribution is 0.102. The largest absolute Gasteiger partial charge is 0.306 e. The van der Waals surface area contributed by atoms with Crippen molar-refractivity contribution >= 4 is 39.0 Å². The Bertz CT molecular complexity index is 1420. The average Bonchev–Trinajstić information content (AvgIpc) is 3.19. The number of aromatic nitrogens is 3. The molecule has 4 rings (SSSR count). The van der Waals surface area contributed by atoms with Crippen molar-refractivity contribution in [3.8, 4) is 5.82 Å². The van der Waals surface area contributed by atoms with E-state index < -0.39 is 15.9 Å². The zero-order chi connectivity index (χ0) is 23.6. The van der Waals surface area contributed by atoms with Gasteiger partial charge in [-0.05, 0) is 55.5 Å². The molecule has 1 N–H and O–H groups in total. The fourth-order valence-electron chi connectivity index (χ4n) is 3.20. The molecule has 10 heteroatoms. The van der Waals surface area contributed by atoms with E-state index in [0.717, 1.165) is 4.31 Å². The van der Waals surface area contributed by atoms with Crippen molar-refractivity contribution < 1.29 is 13.2 Å². The van der Waals surface area contributed by atoms with Gasteiger partial charge in [0.1, 0.15) is 5.82 Å². The van der Waals surface area contributed by atoms with Gasteiger partial charge in [0.25, 0.3) is 15.9 Å². The summed E-state index contributed by atoms with van der Waals surface area (Å²) in [7, 11) is -2.49. The second kappa shape index (κ2) is 9.05. The highest BCUT2D eigenvalue weighted by Crippen LogP contribution is 2.25. The monoisotopic (exact) mass is 481 g/mol. The molecule has 0 radical (unpaired) electrons.